The standard InChI is InChI=1S/C15H23N3O2/c16-13-5-1-2-6-14(13)20-12-3-7-15(19)18-10-4-8-17-9-11-18/h1-2,5-6,17H,3-4,7-12,16H2. The zero-order valence-electron chi connectivity index (χ0n) is 11.8. The van der Waals surface area contributed by atoms with E-state index in [0.29, 0.717) is 24.5 Å². The fourth-order valence-corrected chi connectivity index (χ4v) is 2.27. The Morgan fingerprint density at radius 2 is 2.15 bits per heavy atom. The number of nitrogens with zero attached hydrogens (tertiary/aromatic N) is 1. The molecule has 5 nitrogen and oxygen atoms in total. The van der Waals surface area contributed by atoms with E-state index in [4.69, 9.17) is 10.5 Å². The maximum Gasteiger partial charge on any atom is 0.222 e. The van der Waals surface area contributed by atoms with Crippen molar-refractivity contribution in [2.24, 2.45) is 0 Å². The summed E-state index contributed by atoms with van der Waals surface area (Å²) in [6.07, 6.45) is 2.28. The van der Waals surface area contributed by atoms with Gasteiger partial charge in [-0.2, -0.15) is 0 Å². The molecule has 1 aromatic carbocycles. The summed E-state index contributed by atoms with van der Waals surface area (Å²) in [5.41, 5.74) is 6.43. The molecule has 1 aliphatic heterocycles. The van der Waals surface area contributed by atoms with Crippen LogP contribution in [0.1, 0.15) is 19.3 Å². The summed E-state index contributed by atoms with van der Waals surface area (Å²) in [4.78, 5) is 14.0. The van der Waals surface area contributed by atoms with Gasteiger partial charge < -0.3 is 20.7 Å². The van der Waals surface area contributed by atoms with Gasteiger partial charge >= 0.3 is 0 Å². The minimum absolute atomic E-state index is 0.221. The normalized spacial score (nSPS) is 15.7. The Labute approximate surface area is 120 Å². The van der Waals surface area contributed by atoms with E-state index in [1.807, 2.05) is 29.2 Å². The molecule has 1 saturated heterocycles. The van der Waals surface area contributed by atoms with Gasteiger partial charge in [-0.05, 0) is 31.5 Å². The summed E-state index contributed by atoms with van der Waals surface area (Å²) in [5.74, 6) is 0.914. The molecule has 1 fully saturated rings. The third-order valence-corrected chi connectivity index (χ3v) is 3.40. The van der Waals surface area contributed by atoms with E-state index in [0.717, 1.165) is 39.0 Å². The highest BCUT2D eigenvalue weighted by molar-refractivity contribution is 5.76. The topological polar surface area (TPSA) is 67.6 Å². The SMILES string of the molecule is Nc1ccccc1OCCCC(=O)N1CCCNCC1. The van der Waals surface area contributed by atoms with Gasteiger partial charge in [-0.3, -0.25) is 4.79 Å². The van der Waals surface area contributed by atoms with Gasteiger partial charge in [0.25, 0.3) is 0 Å². The lowest BCUT2D eigenvalue weighted by Crippen LogP contribution is -2.34. The number of nitrogens with two attached hydrogens (primary N) is 1. The van der Waals surface area contributed by atoms with Gasteiger partial charge in [-0.1, -0.05) is 12.1 Å². The second kappa shape index (κ2) is 7.75. The summed E-state index contributed by atoms with van der Waals surface area (Å²) in [6.45, 7) is 4.08. The van der Waals surface area contributed by atoms with Gasteiger partial charge in [0.2, 0.25) is 5.91 Å². The van der Waals surface area contributed by atoms with Crippen molar-refractivity contribution in [3.63, 3.8) is 0 Å². The van der Waals surface area contributed by atoms with E-state index >= 15 is 0 Å². The fourth-order valence-electron chi connectivity index (χ4n) is 2.27. The van der Waals surface area contributed by atoms with Crippen LogP contribution in [0, 0.1) is 0 Å². The molecule has 0 aromatic heterocycles. The smallest absolute Gasteiger partial charge is 0.222 e. The van der Waals surface area contributed by atoms with Crippen molar-refractivity contribution in [2.45, 2.75) is 19.3 Å². The molecule has 1 aromatic rings. The molecule has 1 heterocycles. The Morgan fingerprint density at radius 1 is 1.30 bits per heavy atom. The van der Waals surface area contributed by atoms with Gasteiger partial charge in [0.1, 0.15) is 5.75 Å². The van der Waals surface area contributed by atoms with Gasteiger partial charge in [-0.15, -0.1) is 0 Å². The highest BCUT2D eigenvalue weighted by Crippen LogP contribution is 2.19. The first-order chi connectivity index (χ1) is 9.77. The van der Waals surface area contributed by atoms with Crippen molar-refractivity contribution in [2.75, 3.05) is 38.5 Å². The third kappa shape index (κ3) is 4.42. The Kier molecular flexibility index (Phi) is 5.68. The number of nitrogens with one attached hydrogen (secondary N) is 1. The number of anilines is 1. The fraction of sp³-hybridized carbons (Fsp3) is 0.533. The summed E-state index contributed by atoms with van der Waals surface area (Å²) in [6, 6.07) is 7.42. The number of hydrogen-bond acceptors (Lipinski definition) is 4. The minimum atomic E-state index is 0.221. The second-order valence-electron chi connectivity index (χ2n) is 4.97. The molecule has 0 aliphatic carbocycles. The van der Waals surface area contributed by atoms with Crippen LogP contribution in [0.25, 0.3) is 0 Å². The van der Waals surface area contributed by atoms with E-state index in [1.54, 1.807) is 0 Å². The first-order valence-electron chi connectivity index (χ1n) is 7.23. The van der Waals surface area contributed by atoms with Crippen LogP contribution in [-0.2, 0) is 4.79 Å². The molecule has 110 valence electrons. The summed E-state index contributed by atoms with van der Waals surface area (Å²) >= 11 is 0. The number of rotatable bonds is 5. The van der Waals surface area contributed by atoms with Crippen molar-refractivity contribution < 1.29 is 9.53 Å². The average Bonchev–Trinajstić information content (AvgIpc) is 2.74. The Balaban J connectivity index is 1.67. The molecule has 2 rings (SSSR count). The molecule has 0 atom stereocenters. The number of nitrogen functional groups attached to an aromatic ring is 1. The van der Waals surface area contributed by atoms with Gasteiger partial charge in [0, 0.05) is 26.1 Å². The van der Waals surface area contributed by atoms with Crippen LogP contribution in [-0.4, -0.2) is 43.6 Å². The highest BCUT2D eigenvalue weighted by atomic mass is 16.5. The number of carbonyl (C=O) groups excluding carboxylic acids is 1. The van der Waals surface area contributed by atoms with Gasteiger partial charge in [-0.25, -0.2) is 0 Å². The predicted octanol–water partition coefficient (Wildman–Crippen LogP) is 1.25. The largest absolute Gasteiger partial charge is 0.491 e. The van der Waals surface area contributed by atoms with E-state index < -0.39 is 0 Å². The van der Waals surface area contributed by atoms with E-state index in [1.165, 1.54) is 0 Å². The van der Waals surface area contributed by atoms with Gasteiger partial charge in [0.05, 0.1) is 12.3 Å². The van der Waals surface area contributed by atoms with Crippen molar-refractivity contribution in [3.8, 4) is 5.75 Å². The van der Waals surface area contributed by atoms with E-state index in [-0.39, 0.29) is 5.91 Å². The molecule has 1 aliphatic rings. The van der Waals surface area contributed by atoms with Crippen LogP contribution in [0.2, 0.25) is 0 Å². The quantitative estimate of drug-likeness (QED) is 0.628. The lowest BCUT2D eigenvalue weighted by Gasteiger charge is -2.19. The number of carbonyl (C=O) groups is 1. The van der Waals surface area contributed by atoms with Crippen LogP contribution in [0.3, 0.4) is 0 Å². The van der Waals surface area contributed by atoms with Crippen molar-refractivity contribution in [1.82, 2.24) is 10.2 Å². The molecule has 3 N–H and O–H groups in total. The van der Waals surface area contributed by atoms with Crippen LogP contribution >= 0.6 is 0 Å². The molecule has 0 bridgehead atoms. The van der Waals surface area contributed by atoms with Crippen LogP contribution in [0.5, 0.6) is 5.75 Å². The molecule has 0 saturated carbocycles. The number of hydrogen-bond donors (Lipinski definition) is 2. The monoisotopic (exact) mass is 277 g/mol. The Bertz CT molecular complexity index is 429. The second-order valence-corrected chi connectivity index (χ2v) is 4.97. The zero-order valence-corrected chi connectivity index (χ0v) is 11.8. The molecular formula is C15H23N3O2. The van der Waals surface area contributed by atoms with Crippen LogP contribution in [0.15, 0.2) is 24.3 Å². The Hall–Kier alpha value is -1.75. The maximum absolute atomic E-state index is 12.0. The maximum atomic E-state index is 12.0. The van der Waals surface area contributed by atoms with E-state index in [2.05, 4.69) is 5.32 Å². The number of amides is 1. The van der Waals surface area contributed by atoms with Crippen LogP contribution < -0.4 is 15.8 Å². The first kappa shape index (κ1) is 14.7. The zero-order chi connectivity index (χ0) is 14.2. The Morgan fingerprint density at radius 3 is 3.00 bits per heavy atom. The lowest BCUT2D eigenvalue weighted by molar-refractivity contribution is -0.131. The summed E-state index contributed by atoms with van der Waals surface area (Å²) in [7, 11) is 0. The molecule has 20 heavy (non-hydrogen) atoms. The number of ether oxygens (including phenoxy) is 1. The van der Waals surface area contributed by atoms with Crippen molar-refractivity contribution >= 4 is 11.6 Å². The number of benzene rings is 1. The van der Waals surface area contributed by atoms with Crippen LogP contribution in [0.4, 0.5) is 5.69 Å². The lowest BCUT2D eigenvalue weighted by atomic mass is 10.2. The van der Waals surface area contributed by atoms with Crippen molar-refractivity contribution in [1.29, 1.82) is 0 Å². The first-order valence-corrected chi connectivity index (χ1v) is 7.23. The highest BCUT2D eigenvalue weighted by Gasteiger charge is 2.14. The molecule has 0 unspecified atom stereocenters. The minimum Gasteiger partial charge on any atom is -0.491 e. The summed E-state index contributed by atoms with van der Waals surface area (Å²) in [5, 5.41) is 3.29. The average molecular weight is 277 g/mol. The molecule has 1 amide bonds. The van der Waals surface area contributed by atoms with E-state index in [9.17, 15) is 4.79 Å². The molecule has 0 spiro atoms. The van der Waals surface area contributed by atoms with Gasteiger partial charge in [0.15, 0.2) is 0 Å². The number of para-hydroxylation sites is 2. The molecule has 5 heteroatoms. The third-order valence-electron chi connectivity index (χ3n) is 3.40. The molecular weight excluding hydrogens is 254 g/mol. The summed E-state index contributed by atoms with van der Waals surface area (Å²) < 4.78 is 5.59. The predicted molar refractivity (Wildman–Crippen MR) is 79.7 cm³/mol. The van der Waals surface area contributed by atoms with Crippen molar-refractivity contribution in [3.05, 3.63) is 24.3 Å². The molecule has 0 radical (unpaired) electrons.